The number of aliphatic hydroxyl groups excluding tert-OH is 4. The summed E-state index contributed by atoms with van der Waals surface area (Å²) in [6.07, 6.45) is -4.25. The maximum Gasteiger partial charge on any atom is 0.139 e. The number of aliphatic hydroxyl groups is 5. The molecule has 1 fully saturated rings. The fourth-order valence-corrected chi connectivity index (χ4v) is 1.16. The summed E-state index contributed by atoms with van der Waals surface area (Å²) in [7, 11) is 0. The Morgan fingerprint density at radius 3 is 2.62 bits per heavy atom. The van der Waals surface area contributed by atoms with Crippen LogP contribution in [0.5, 0.6) is 0 Å². The first-order valence-corrected chi connectivity index (χ1v) is 3.85. The van der Waals surface area contributed by atoms with Crippen molar-refractivity contribution in [2.45, 2.75) is 23.9 Å². The van der Waals surface area contributed by atoms with E-state index in [1.165, 1.54) is 0 Å². The van der Waals surface area contributed by atoms with E-state index in [4.69, 9.17) is 21.4 Å². The molecule has 0 radical (unpaired) electrons. The minimum Gasteiger partial charge on any atom is -0.394 e. The number of hydrogen-bond acceptors (Lipinski definition) is 6. The highest BCUT2D eigenvalue weighted by Crippen LogP contribution is 2.26. The van der Waals surface area contributed by atoms with E-state index in [1.807, 2.05) is 0 Å². The zero-order valence-electron chi connectivity index (χ0n) is 7.87. The molecule has 1 heterocycles. The number of ether oxygens (including phenoxy) is 1. The van der Waals surface area contributed by atoms with E-state index in [0.717, 1.165) is 0 Å². The largest absolute Gasteiger partial charge is 0.394 e. The SMILES string of the molecule is [2H]C1O[C@H]([C@H](O)CO)[C@H](O)[C@@]1(O)CO. The van der Waals surface area contributed by atoms with Crippen LogP contribution in [-0.2, 0) is 4.74 Å². The summed E-state index contributed by atoms with van der Waals surface area (Å²) in [6.45, 7) is -3.05. The average molecular weight is 195 g/mol. The van der Waals surface area contributed by atoms with Crippen LogP contribution in [-0.4, -0.2) is 69.2 Å². The van der Waals surface area contributed by atoms with Gasteiger partial charge in [0, 0.05) is 0 Å². The molecule has 0 bridgehead atoms. The lowest BCUT2D eigenvalue weighted by Crippen LogP contribution is -2.50. The summed E-state index contributed by atoms with van der Waals surface area (Å²) < 4.78 is 12.0. The standard InChI is InChI=1S/C7H14O6/c8-1-4(10)5-6(11)7(12,2-9)3-13-5/h4-6,8-12H,1-3H2/t4-,5-,6+,7-/m1/s1/i3D/t3?,4-,5-,6+,7-. The fourth-order valence-electron chi connectivity index (χ4n) is 1.16. The van der Waals surface area contributed by atoms with Gasteiger partial charge in [0.15, 0.2) is 0 Å². The average Bonchev–Trinajstić information content (AvgIpc) is 2.42. The van der Waals surface area contributed by atoms with Crippen LogP contribution in [0, 0.1) is 0 Å². The normalized spacial score (nSPS) is 49.0. The fraction of sp³-hybridized carbons (Fsp3) is 1.00. The molecule has 1 aliphatic heterocycles. The molecule has 78 valence electrons. The van der Waals surface area contributed by atoms with E-state index in [1.54, 1.807) is 0 Å². The Morgan fingerprint density at radius 2 is 2.23 bits per heavy atom. The second kappa shape index (κ2) is 3.87. The molecule has 5 atom stereocenters. The smallest absolute Gasteiger partial charge is 0.139 e. The van der Waals surface area contributed by atoms with Crippen molar-refractivity contribution in [1.82, 2.24) is 0 Å². The van der Waals surface area contributed by atoms with Gasteiger partial charge in [-0.2, -0.15) is 0 Å². The maximum atomic E-state index is 9.55. The third-order valence-corrected chi connectivity index (χ3v) is 2.07. The van der Waals surface area contributed by atoms with Crippen LogP contribution in [0.1, 0.15) is 1.37 Å². The van der Waals surface area contributed by atoms with Crippen molar-refractivity contribution in [3.8, 4) is 0 Å². The maximum absolute atomic E-state index is 9.55. The van der Waals surface area contributed by atoms with Crippen molar-refractivity contribution >= 4 is 0 Å². The molecule has 13 heavy (non-hydrogen) atoms. The Hall–Kier alpha value is -0.240. The molecule has 0 aromatic carbocycles. The van der Waals surface area contributed by atoms with Gasteiger partial charge in [0.1, 0.15) is 23.9 Å². The lowest BCUT2D eigenvalue weighted by molar-refractivity contribution is -0.0981. The van der Waals surface area contributed by atoms with Crippen molar-refractivity contribution in [1.29, 1.82) is 0 Å². The van der Waals surface area contributed by atoms with E-state index < -0.39 is 43.7 Å². The molecule has 1 rings (SSSR count). The third kappa shape index (κ3) is 1.83. The molecular formula is C7H14O6. The molecule has 1 saturated heterocycles. The van der Waals surface area contributed by atoms with Crippen molar-refractivity contribution in [2.75, 3.05) is 19.8 Å². The molecule has 0 spiro atoms. The Balaban J connectivity index is 2.78. The zero-order chi connectivity index (χ0) is 10.9. The Bertz CT molecular complexity index is 203. The lowest BCUT2D eigenvalue weighted by Gasteiger charge is -2.25. The molecule has 6 nitrogen and oxygen atoms in total. The topological polar surface area (TPSA) is 110 Å². The molecule has 0 aromatic heterocycles. The van der Waals surface area contributed by atoms with Gasteiger partial charge in [-0.25, -0.2) is 0 Å². The first kappa shape index (κ1) is 9.32. The zero-order valence-corrected chi connectivity index (χ0v) is 6.87. The second-order valence-corrected chi connectivity index (χ2v) is 3.06. The van der Waals surface area contributed by atoms with Gasteiger partial charge in [0.05, 0.1) is 21.2 Å². The van der Waals surface area contributed by atoms with Gasteiger partial charge in [-0.05, 0) is 0 Å². The van der Waals surface area contributed by atoms with Crippen molar-refractivity contribution in [3.63, 3.8) is 0 Å². The molecular weight excluding hydrogens is 180 g/mol. The highest BCUT2D eigenvalue weighted by atomic mass is 16.6. The van der Waals surface area contributed by atoms with Crippen LogP contribution >= 0.6 is 0 Å². The van der Waals surface area contributed by atoms with E-state index in [-0.39, 0.29) is 0 Å². The van der Waals surface area contributed by atoms with E-state index >= 15 is 0 Å². The van der Waals surface area contributed by atoms with Crippen LogP contribution in [0.25, 0.3) is 0 Å². The van der Waals surface area contributed by atoms with Crippen molar-refractivity contribution in [3.05, 3.63) is 0 Å². The van der Waals surface area contributed by atoms with Crippen LogP contribution < -0.4 is 0 Å². The van der Waals surface area contributed by atoms with Gasteiger partial charge >= 0.3 is 0 Å². The minimum atomic E-state index is -2.11. The highest BCUT2D eigenvalue weighted by molar-refractivity contribution is 4.98. The van der Waals surface area contributed by atoms with Gasteiger partial charge in [0.2, 0.25) is 0 Å². The number of rotatable bonds is 3. The van der Waals surface area contributed by atoms with Crippen LogP contribution in [0.2, 0.25) is 0 Å². The monoisotopic (exact) mass is 195 g/mol. The summed E-state index contributed by atoms with van der Waals surface area (Å²) in [6, 6.07) is 0. The van der Waals surface area contributed by atoms with E-state index in [9.17, 15) is 10.2 Å². The Labute approximate surface area is 76.4 Å². The molecule has 5 N–H and O–H groups in total. The molecule has 0 amide bonds. The predicted octanol–water partition coefficient (Wildman–Crippen LogP) is -3.18. The molecule has 1 unspecified atom stereocenters. The summed E-state index contributed by atoms with van der Waals surface area (Å²) in [5, 5.41) is 45.5. The third-order valence-electron chi connectivity index (χ3n) is 2.07. The molecule has 1 aliphatic rings. The van der Waals surface area contributed by atoms with Gasteiger partial charge < -0.3 is 30.3 Å². The van der Waals surface area contributed by atoms with Crippen LogP contribution in [0.4, 0.5) is 0 Å². The molecule has 0 aromatic rings. The first-order chi connectivity index (χ1) is 6.47. The van der Waals surface area contributed by atoms with Crippen LogP contribution in [0.3, 0.4) is 0 Å². The van der Waals surface area contributed by atoms with Crippen molar-refractivity contribution in [2.24, 2.45) is 0 Å². The summed E-state index contributed by atoms with van der Waals surface area (Å²) in [5.41, 5.74) is -2.11. The summed E-state index contributed by atoms with van der Waals surface area (Å²) >= 11 is 0. The Kier molecular flexibility index (Phi) is 2.77. The lowest BCUT2D eigenvalue weighted by atomic mass is 9.95. The van der Waals surface area contributed by atoms with Crippen molar-refractivity contribution < 1.29 is 31.6 Å². The van der Waals surface area contributed by atoms with Crippen LogP contribution in [0.15, 0.2) is 0 Å². The quantitative estimate of drug-likeness (QED) is 0.325. The summed E-state index contributed by atoms with van der Waals surface area (Å²) in [5.74, 6) is 0. The van der Waals surface area contributed by atoms with Gasteiger partial charge in [-0.15, -0.1) is 0 Å². The first-order valence-electron chi connectivity index (χ1n) is 4.43. The molecule has 6 heteroatoms. The highest BCUT2D eigenvalue weighted by Gasteiger charge is 2.49. The summed E-state index contributed by atoms with van der Waals surface area (Å²) in [4.78, 5) is 0. The van der Waals surface area contributed by atoms with Gasteiger partial charge in [-0.1, -0.05) is 0 Å². The number of hydrogen-bond donors (Lipinski definition) is 5. The molecule has 0 saturated carbocycles. The second-order valence-electron chi connectivity index (χ2n) is 3.06. The van der Waals surface area contributed by atoms with E-state index in [2.05, 4.69) is 0 Å². The Morgan fingerprint density at radius 1 is 1.62 bits per heavy atom. The predicted molar refractivity (Wildman–Crippen MR) is 40.9 cm³/mol. The van der Waals surface area contributed by atoms with E-state index in [0.29, 0.717) is 0 Å². The molecule has 0 aliphatic carbocycles. The van der Waals surface area contributed by atoms with Gasteiger partial charge in [-0.3, -0.25) is 0 Å². The van der Waals surface area contributed by atoms with Gasteiger partial charge in [0.25, 0.3) is 0 Å². The minimum absolute atomic E-state index is 0.657.